The number of nitrogens with one attached hydrogen (secondary N) is 2. The van der Waals surface area contributed by atoms with Gasteiger partial charge in [0.25, 0.3) is 5.91 Å². The summed E-state index contributed by atoms with van der Waals surface area (Å²) in [5, 5.41) is 5.50. The number of aromatic nitrogens is 1. The van der Waals surface area contributed by atoms with Crippen LogP contribution in [0, 0.1) is 0 Å². The van der Waals surface area contributed by atoms with E-state index in [-0.39, 0.29) is 28.8 Å². The predicted molar refractivity (Wildman–Crippen MR) is 94.3 cm³/mol. The minimum atomic E-state index is -4.44. The lowest BCUT2D eigenvalue weighted by atomic mass is 10.2. The van der Waals surface area contributed by atoms with E-state index in [0.29, 0.717) is 12.2 Å². The van der Waals surface area contributed by atoms with Crippen LogP contribution >= 0.6 is 0 Å². The molecular formula is C17H16F3N3O3S. The van der Waals surface area contributed by atoms with E-state index in [1.807, 2.05) is 0 Å². The average molecular weight is 399 g/mol. The lowest BCUT2D eigenvalue weighted by Crippen LogP contribution is -2.21. The molecule has 27 heavy (non-hydrogen) atoms. The lowest BCUT2D eigenvalue weighted by molar-refractivity contribution is -0.137. The first-order valence-corrected chi connectivity index (χ1v) is 9.86. The van der Waals surface area contributed by atoms with E-state index in [4.69, 9.17) is 0 Å². The zero-order valence-electron chi connectivity index (χ0n) is 14.0. The predicted octanol–water partition coefficient (Wildman–Crippen LogP) is 2.95. The molecule has 144 valence electrons. The first-order valence-electron chi connectivity index (χ1n) is 8.04. The molecule has 0 radical (unpaired) electrons. The highest BCUT2D eigenvalue weighted by Crippen LogP contribution is 2.29. The van der Waals surface area contributed by atoms with E-state index >= 15 is 0 Å². The number of pyridine rings is 1. The van der Waals surface area contributed by atoms with Crippen molar-refractivity contribution in [2.45, 2.75) is 18.6 Å². The molecule has 6 nitrogen and oxygen atoms in total. The van der Waals surface area contributed by atoms with Crippen LogP contribution in [0.3, 0.4) is 0 Å². The van der Waals surface area contributed by atoms with Crippen molar-refractivity contribution in [3.63, 3.8) is 0 Å². The van der Waals surface area contributed by atoms with Crippen molar-refractivity contribution in [1.82, 2.24) is 4.98 Å². The Labute approximate surface area is 153 Å². The third kappa shape index (κ3) is 4.97. The van der Waals surface area contributed by atoms with Gasteiger partial charge < -0.3 is 10.6 Å². The second-order valence-electron chi connectivity index (χ2n) is 6.20. The molecule has 1 fully saturated rings. The van der Waals surface area contributed by atoms with Crippen LogP contribution in [-0.4, -0.2) is 36.9 Å². The van der Waals surface area contributed by atoms with E-state index in [1.54, 1.807) is 0 Å². The minimum Gasteiger partial charge on any atom is -0.366 e. The maximum absolute atomic E-state index is 12.6. The Hall–Kier alpha value is -2.62. The fourth-order valence-electron chi connectivity index (χ4n) is 2.71. The highest BCUT2D eigenvalue weighted by atomic mass is 32.2. The molecule has 1 aromatic carbocycles. The van der Waals surface area contributed by atoms with Crippen molar-refractivity contribution in [2.75, 3.05) is 22.1 Å². The van der Waals surface area contributed by atoms with Gasteiger partial charge >= 0.3 is 6.18 Å². The summed E-state index contributed by atoms with van der Waals surface area (Å²) in [4.78, 5) is 16.4. The van der Waals surface area contributed by atoms with Crippen LogP contribution in [0.1, 0.15) is 22.3 Å². The molecular weight excluding hydrogens is 383 g/mol. The van der Waals surface area contributed by atoms with E-state index in [9.17, 15) is 26.4 Å². The van der Waals surface area contributed by atoms with Crippen molar-refractivity contribution in [3.8, 4) is 0 Å². The highest BCUT2D eigenvalue weighted by molar-refractivity contribution is 7.91. The third-order valence-electron chi connectivity index (χ3n) is 4.08. The molecule has 1 aliphatic heterocycles. The highest BCUT2D eigenvalue weighted by Gasteiger charge is 2.30. The smallest absolute Gasteiger partial charge is 0.366 e. The summed E-state index contributed by atoms with van der Waals surface area (Å²) in [5.41, 5.74) is -0.336. The zero-order valence-corrected chi connectivity index (χ0v) is 14.8. The van der Waals surface area contributed by atoms with Crippen molar-refractivity contribution in [1.29, 1.82) is 0 Å². The van der Waals surface area contributed by atoms with Gasteiger partial charge in [-0.3, -0.25) is 4.79 Å². The van der Waals surface area contributed by atoms with Crippen LogP contribution in [0.4, 0.5) is 24.7 Å². The number of anilines is 2. The largest absolute Gasteiger partial charge is 0.416 e. The molecule has 1 saturated heterocycles. The number of carbonyl (C=O) groups is 1. The van der Waals surface area contributed by atoms with Gasteiger partial charge in [0.05, 0.1) is 17.1 Å². The van der Waals surface area contributed by atoms with Crippen molar-refractivity contribution in [2.24, 2.45) is 0 Å². The summed E-state index contributed by atoms with van der Waals surface area (Å²) in [6, 6.07) is 6.76. The molecule has 1 atom stereocenters. The zero-order chi connectivity index (χ0) is 19.7. The first kappa shape index (κ1) is 19.2. The topological polar surface area (TPSA) is 88.2 Å². The van der Waals surface area contributed by atoms with Gasteiger partial charge in [0.1, 0.15) is 5.82 Å². The number of benzene rings is 1. The molecule has 1 amide bonds. The van der Waals surface area contributed by atoms with Crippen molar-refractivity contribution < 1.29 is 26.4 Å². The summed E-state index contributed by atoms with van der Waals surface area (Å²) in [6.45, 7) is 0. The van der Waals surface area contributed by atoms with Crippen LogP contribution in [-0.2, 0) is 16.0 Å². The number of sulfone groups is 1. The molecule has 1 aromatic heterocycles. The van der Waals surface area contributed by atoms with Gasteiger partial charge in [-0.2, -0.15) is 13.2 Å². The SMILES string of the molecule is O=C(Nc1ccc(C(F)(F)F)cc1)c1ccnc(NC2CCS(=O)(=O)C2)c1. The number of nitrogens with zero attached hydrogens (tertiary/aromatic N) is 1. The van der Waals surface area contributed by atoms with E-state index < -0.39 is 27.5 Å². The molecule has 10 heteroatoms. The molecule has 2 heterocycles. The Morgan fingerprint density at radius 3 is 2.44 bits per heavy atom. The molecule has 2 aromatic rings. The summed E-state index contributed by atoms with van der Waals surface area (Å²) in [5.74, 6) is -0.0356. The van der Waals surface area contributed by atoms with Gasteiger partial charge in [0.15, 0.2) is 9.84 Å². The normalized spacial score (nSPS) is 18.9. The molecule has 0 bridgehead atoms. The molecule has 1 aliphatic rings. The molecule has 0 spiro atoms. The molecule has 0 aliphatic carbocycles. The number of alkyl halides is 3. The van der Waals surface area contributed by atoms with Crippen LogP contribution in [0.15, 0.2) is 42.6 Å². The molecule has 3 rings (SSSR count). The van der Waals surface area contributed by atoms with Crippen molar-refractivity contribution in [3.05, 3.63) is 53.7 Å². The minimum absolute atomic E-state index is 0.0106. The number of rotatable bonds is 4. The second kappa shape index (κ2) is 7.18. The maximum atomic E-state index is 12.6. The Kier molecular flexibility index (Phi) is 5.09. The van der Waals surface area contributed by atoms with Crippen LogP contribution in [0.5, 0.6) is 0 Å². The van der Waals surface area contributed by atoms with Crippen LogP contribution in [0.25, 0.3) is 0 Å². The number of hydrogen-bond donors (Lipinski definition) is 2. The summed E-state index contributed by atoms with van der Waals surface area (Å²) >= 11 is 0. The lowest BCUT2D eigenvalue weighted by Gasteiger charge is -2.12. The summed E-state index contributed by atoms with van der Waals surface area (Å²) in [6.07, 6.45) is -2.58. The average Bonchev–Trinajstić information content (AvgIpc) is 2.93. The second-order valence-corrected chi connectivity index (χ2v) is 8.43. The van der Waals surface area contributed by atoms with Gasteiger partial charge in [-0.15, -0.1) is 0 Å². The quantitative estimate of drug-likeness (QED) is 0.825. The summed E-state index contributed by atoms with van der Waals surface area (Å²) < 4.78 is 60.7. The molecule has 2 N–H and O–H groups in total. The Balaban J connectivity index is 1.67. The van der Waals surface area contributed by atoms with Crippen LogP contribution in [0.2, 0.25) is 0 Å². The standard InChI is InChI=1S/C17H16F3N3O3S/c18-17(19,20)12-1-3-13(4-2-12)23-16(24)11-5-7-21-15(9-11)22-14-6-8-27(25,26)10-14/h1-5,7,9,14H,6,8,10H2,(H,21,22)(H,23,24). The monoisotopic (exact) mass is 399 g/mol. The first-order chi connectivity index (χ1) is 12.6. The van der Waals surface area contributed by atoms with Crippen LogP contribution < -0.4 is 10.6 Å². The van der Waals surface area contributed by atoms with Gasteiger partial charge in [-0.25, -0.2) is 13.4 Å². The Morgan fingerprint density at radius 1 is 1.15 bits per heavy atom. The number of halogens is 3. The Bertz CT molecular complexity index is 944. The fourth-order valence-corrected chi connectivity index (χ4v) is 4.39. The van der Waals surface area contributed by atoms with E-state index in [1.165, 1.54) is 30.5 Å². The molecule has 0 saturated carbocycles. The maximum Gasteiger partial charge on any atom is 0.416 e. The number of amides is 1. The third-order valence-corrected chi connectivity index (χ3v) is 5.84. The van der Waals surface area contributed by atoms with Crippen molar-refractivity contribution >= 4 is 27.2 Å². The van der Waals surface area contributed by atoms with Gasteiger partial charge in [-0.1, -0.05) is 0 Å². The van der Waals surface area contributed by atoms with Gasteiger partial charge in [0.2, 0.25) is 0 Å². The fraction of sp³-hybridized carbons (Fsp3) is 0.294. The van der Waals surface area contributed by atoms with Gasteiger partial charge in [-0.05, 0) is 42.8 Å². The summed E-state index contributed by atoms with van der Waals surface area (Å²) in [7, 11) is -3.05. The number of carbonyl (C=O) groups excluding carboxylic acids is 1. The van der Waals surface area contributed by atoms with E-state index in [0.717, 1.165) is 12.1 Å². The Morgan fingerprint density at radius 2 is 1.85 bits per heavy atom. The van der Waals surface area contributed by atoms with E-state index in [2.05, 4.69) is 15.6 Å². The molecule has 1 unspecified atom stereocenters. The number of hydrogen-bond acceptors (Lipinski definition) is 5. The van der Waals surface area contributed by atoms with Gasteiger partial charge in [0, 0.05) is 23.5 Å².